The molecule has 0 atom stereocenters. The SMILES string of the molecule is Cc1ccc(/C=C/C(=O)NCCC(=O)O)o1. The largest absolute Gasteiger partial charge is 0.481 e. The highest BCUT2D eigenvalue weighted by molar-refractivity contribution is 5.91. The second-order valence-electron chi connectivity index (χ2n) is 3.22. The molecule has 0 aliphatic rings. The van der Waals surface area contributed by atoms with Crippen molar-refractivity contribution in [3.8, 4) is 0 Å². The lowest BCUT2D eigenvalue weighted by Gasteiger charge is -1.97. The predicted molar refractivity (Wildman–Crippen MR) is 57.7 cm³/mol. The summed E-state index contributed by atoms with van der Waals surface area (Å²) in [6.07, 6.45) is 2.75. The van der Waals surface area contributed by atoms with E-state index >= 15 is 0 Å². The molecule has 0 fully saturated rings. The number of hydrogen-bond donors (Lipinski definition) is 2. The third-order valence-corrected chi connectivity index (χ3v) is 1.80. The number of carbonyl (C=O) groups is 2. The minimum atomic E-state index is -0.939. The van der Waals surface area contributed by atoms with Crippen molar-refractivity contribution >= 4 is 18.0 Å². The number of hydrogen-bond acceptors (Lipinski definition) is 3. The van der Waals surface area contributed by atoms with Gasteiger partial charge in [0.15, 0.2) is 0 Å². The molecule has 0 radical (unpaired) electrons. The molecular weight excluding hydrogens is 210 g/mol. The molecule has 0 saturated heterocycles. The fraction of sp³-hybridized carbons (Fsp3) is 0.273. The maximum absolute atomic E-state index is 11.2. The summed E-state index contributed by atoms with van der Waals surface area (Å²) in [5.74, 6) is 0.0815. The number of aliphatic carboxylic acids is 1. The Hall–Kier alpha value is -2.04. The van der Waals surface area contributed by atoms with E-state index in [0.29, 0.717) is 5.76 Å². The van der Waals surface area contributed by atoms with Crippen molar-refractivity contribution in [2.24, 2.45) is 0 Å². The van der Waals surface area contributed by atoms with Gasteiger partial charge in [-0.1, -0.05) is 0 Å². The molecule has 0 unspecified atom stereocenters. The van der Waals surface area contributed by atoms with Crippen molar-refractivity contribution in [3.63, 3.8) is 0 Å². The van der Waals surface area contributed by atoms with Gasteiger partial charge in [-0.05, 0) is 25.1 Å². The zero-order chi connectivity index (χ0) is 12.0. The van der Waals surface area contributed by atoms with E-state index in [1.54, 1.807) is 12.1 Å². The van der Waals surface area contributed by atoms with Crippen LogP contribution in [-0.4, -0.2) is 23.5 Å². The number of carboxylic acid groups (broad SMARTS) is 1. The van der Waals surface area contributed by atoms with Crippen LogP contribution in [0.5, 0.6) is 0 Å². The van der Waals surface area contributed by atoms with Crippen LogP contribution in [0.4, 0.5) is 0 Å². The Labute approximate surface area is 92.8 Å². The summed E-state index contributed by atoms with van der Waals surface area (Å²) in [7, 11) is 0. The van der Waals surface area contributed by atoms with E-state index in [2.05, 4.69) is 5.32 Å². The van der Waals surface area contributed by atoms with Crippen LogP contribution in [0, 0.1) is 6.92 Å². The number of nitrogens with one attached hydrogen (secondary N) is 1. The van der Waals surface area contributed by atoms with Crippen LogP contribution in [0.2, 0.25) is 0 Å². The van der Waals surface area contributed by atoms with Gasteiger partial charge in [-0.25, -0.2) is 0 Å². The zero-order valence-corrected chi connectivity index (χ0v) is 8.90. The summed E-state index contributed by atoms with van der Waals surface area (Å²) in [4.78, 5) is 21.4. The fourth-order valence-electron chi connectivity index (χ4n) is 1.05. The first-order valence-electron chi connectivity index (χ1n) is 4.82. The van der Waals surface area contributed by atoms with E-state index in [0.717, 1.165) is 5.76 Å². The van der Waals surface area contributed by atoms with Crippen LogP contribution in [-0.2, 0) is 9.59 Å². The maximum Gasteiger partial charge on any atom is 0.305 e. The van der Waals surface area contributed by atoms with Crippen molar-refractivity contribution in [2.45, 2.75) is 13.3 Å². The third-order valence-electron chi connectivity index (χ3n) is 1.80. The molecule has 16 heavy (non-hydrogen) atoms. The number of aryl methyl sites for hydroxylation is 1. The Morgan fingerprint density at radius 3 is 2.81 bits per heavy atom. The van der Waals surface area contributed by atoms with E-state index in [1.165, 1.54) is 12.2 Å². The number of furan rings is 1. The molecule has 86 valence electrons. The summed E-state index contributed by atoms with van der Waals surface area (Å²) >= 11 is 0. The van der Waals surface area contributed by atoms with Crippen LogP contribution in [0.1, 0.15) is 17.9 Å². The fourth-order valence-corrected chi connectivity index (χ4v) is 1.05. The molecule has 0 aliphatic carbocycles. The topological polar surface area (TPSA) is 79.5 Å². The molecule has 1 rings (SSSR count). The molecule has 0 aliphatic heterocycles. The van der Waals surface area contributed by atoms with Gasteiger partial charge in [-0.2, -0.15) is 0 Å². The average molecular weight is 223 g/mol. The highest BCUT2D eigenvalue weighted by atomic mass is 16.4. The van der Waals surface area contributed by atoms with Crippen LogP contribution in [0.3, 0.4) is 0 Å². The zero-order valence-electron chi connectivity index (χ0n) is 8.90. The number of carbonyl (C=O) groups excluding carboxylic acids is 1. The van der Waals surface area contributed by atoms with Crippen LogP contribution in [0.25, 0.3) is 6.08 Å². The molecule has 0 spiro atoms. The van der Waals surface area contributed by atoms with Gasteiger partial charge < -0.3 is 14.8 Å². The van der Waals surface area contributed by atoms with Gasteiger partial charge >= 0.3 is 5.97 Å². The van der Waals surface area contributed by atoms with E-state index < -0.39 is 5.97 Å². The molecule has 5 nitrogen and oxygen atoms in total. The molecule has 1 amide bonds. The van der Waals surface area contributed by atoms with Crippen molar-refractivity contribution in [1.82, 2.24) is 5.32 Å². The molecule has 0 saturated carbocycles. The Kier molecular flexibility index (Phi) is 4.32. The normalized spacial score (nSPS) is 10.6. The minimum absolute atomic E-state index is 0.0839. The highest BCUT2D eigenvalue weighted by Gasteiger charge is 1.99. The Morgan fingerprint density at radius 2 is 2.25 bits per heavy atom. The lowest BCUT2D eigenvalue weighted by molar-refractivity contribution is -0.136. The monoisotopic (exact) mass is 223 g/mol. The second-order valence-corrected chi connectivity index (χ2v) is 3.22. The molecule has 2 N–H and O–H groups in total. The van der Waals surface area contributed by atoms with Gasteiger partial charge in [0, 0.05) is 12.6 Å². The van der Waals surface area contributed by atoms with Crippen LogP contribution < -0.4 is 5.32 Å². The first-order valence-corrected chi connectivity index (χ1v) is 4.82. The summed E-state index contributed by atoms with van der Waals surface area (Å²) in [5.41, 5.74) is 0. The molecule has 0 bridgehead atoms. The van der Waals surface area contributed by atoms with Gasteiger partial charge in [0.2, 0.25) is 5.91 Å². The van der Waals surface area contributed by atoms with E-state index in [4.69, 9.17) is 9.52 Å². The summed E-state index contributed by atoms with van der Waals surface area (Å²) in [5, 5.41) is 10.8. The summed E-state index contributed by atoms with van der Waals surface area (Å²) in [6, 6.07) is 3.54. The van der Waals surface area contributed by atoms with E-state index in [-0.39, 0.29) is 18.9 Å². The van der Waals surface area contributed by atoms with Gasteiger partial charge in [-0.3, -0.25) is 9.59 Å². The van der Waals surface area contributed by atoms with E-state index in [9.17, 15) is 9.59 Å². The van der Waals surface area contributed by atoms with Gasteiger partial charge in [0.05, 0.1) is 6.42 Å². The van der Waals surface area contributed by atoms with Gasteiger partial charge in [0.1, 0.15) is 11.5 Å². The number of amides is 1. The first-order chi connectivity index (χ1) is 7.58. The highest BCUT2D eigenvalue weighted by Crippen LogP contribution is 2.07. The van der Waals surface area contributed by atoms with E-state index in [1.807, 2.05) is 6.92 Å². The van der Waals surface area contributed by atoms with Gasteiger partial charge in [0.25, 0.3) is 0 Å². The van der Waals surface area contributed by atoms with Crippen molar-refractivity contribution < 1.29 is 19.1 Å². The minimum Gasteiger partial charge on any atom is -0.481 e. The predicted octanol–water partition coefficient (Wildman–Crippen LogP) is 1.19. The lowest BCUT2D eigenvalue weighted by Crippen LogP contribution is -2.23. The molecule has 1 aromatic rings. The molecular formula is C11H13NO4. The van der Waals surface area contributed by atoms with Crippen LogP contribution >= 0.6 is 0 Å². The average Bonchev–Trinajstić information content (AvgIpc) is 2.61. The van der Waals surface area contributed by atoms with Crippen molar-refractivity contribution in [2.75, 3.05) is 6.54 Å². The smallest absolute Gasteiger partial charge is 0.305 e. The Morgan fingerprint density at radius 1 is 1.50 bits per heavy atom. The number of rotatable bonds is 5. The molecule has 0 aromatic carbocycles. The summed E-state index contributed by atoms with van der Waals surface area (Å²) in [6.45, 7) is 1.93. The maximum atomic E-state index is 11.2. The van der Waals surface area contributed by atoms with Crippen LogP contribution in [0.15, 0.2) is 22.6 Å². The van der Waals surface area contributed by atoms with Crippen molar-refractivity contribution in [1.29, 1.82) is 0 Å². The number of carboxylic acids is 1. The first kappa shape index (κ1) is 12.0. The Balaban J connectivity index is 2.34. The second kappa shape index (κ2) is 5.75. The summed E-state index contributed by atoms with van der Waals surface area (Å²) < 4.78 is 5.22. The van der Waals surface area contributed by atoms with Crippen molar-refractivity contribution in [3.05, 3.63) is 29.7 Å². The quantitative estimate of drug-likeness (QED) is 0.735. The van der Waals surface area contributed by atoms with Gasteiger partial charge in [-0.15, -0.1) is 0 Å². The molecule has 1 heterocycles. The lowest BCUT2D eigenvalue weighted by atomic mass is 10.3. The third kappa shape index (κ3) is 4.45. The molecule has 1 aromatic heterocycles. The Bertz CT molecular complexity index is 406. The standard InChI is InChI=1S/C11H13NO4/c1-8-2-3-9(16-8)4-5-10(13)12-7-6-11(14)15/h2-5H,6-7H2,1H3,(H,12,13)(H,14,15)/b5-4+. The molecule has 5 heteroatoms.